The van der Waals surface area contributed by atoms with Gasteiger partial charge in [-0.15, -0.1) is 11.8 Å². The summed E-state index contributed by atoms with van der Waals surface area (Å²) < 4.78 is 13.2. The molecule has 3 N–H and O–H groups in total. The van der Waals surface area contributed by atoms with Crippen LogP contribution < -0.4 is 10.6 Å². The van der Waals surface area contributed by atoms with E-state index in [-0.39, 0.29) is 31.8 Å². The van der Waals surface area contributed by atoms with E-state index in [1.54, 1.807) is 24.3 Å². The van der Waals surface area contributed by atoms with Gasteiger partial charge in [0.15, 0.2) is 0 Å². The van der Waals surface area contributed by atoms with Gasteiger partial charge < -0.3 is 15.7 Å². The Morgan fingerprint density at radius 2 is 1.37 bits per heavy atom. The Morgan fingerprint density at radius 3 is 1.94 bits per heavy atom. The Balaban J connectivity index is 1.67. The van der Waals surface area contributed by atoms with Crippen LogP contribution in [0.3, 0.4) is 0 Å². The maximum atomic E-state index is 13.2. The first kappa shape index (κ1) is 27.4. The Bertz CT molecular complexity index is 1340. The van der Waals surface area contributed by atoms with Crippen molar-refractivity contribution in [1.82, 2.24) is 0 Å². The number of thioether (sulfide) groups is 1. The molecule has 3 rings (SSSR count). The van der Waals surface area contributed by atoms with Crippen LogP contribution >= 0.6 is 69.8 Å². The van der Waals surface area contributed by atoms with E-state index < -0.39 is 33.8 Å². The van der Waals surface area contributed by atoms with E-state index in [4.69, 9.17) is 58.0 Å². The molecule has 35 heavy (non-hydrogen) atoms. The number of halogens is 6. The second-order valence-electron chi connectivity index (χ2n) is 6.76. The maximum absolute atomic E-state index is 13.2. The van der Waals surface area contributed by atoms with Gasteiger partial charge in [-0.2, -0.15) is 0 Å². The zero-order valence-corrected chi connectivity index (χ0v) is 21.7. The summed E-state index contributed by atoms with van der Waals surface area (Å²) in [6, 6.07) is 10.2. The molecule has 0 saturated carbocycles. The van der Waals surface area contributed by atoms with E-state index in [2.05, 4.69) is 10.6 Å². The first-order valence-electron chi connectivity index (χ1n) is 9.38. The molecule has 3 aromatic carbocycles. The van der Waals surface area contributed by atoms with Crippen LogP contribution in [0.2, 0.25) is 25.1 Å². The summed E-state index contributed by atoms with van der Waals surface area (Å²) in [5.41, 5.74) is -0.333. The SMILES string of the molecule is O=C(CSc1ccc(NC(=O)c2c(Cl)c(Cl)c(Cl)c(Cl)c2C(=O)O)cc1)Nc1ccc(F)c(Cl)c1. The van der Waals surface area contributed by atoms with E-state index in [0.29, 0.717) is 16.3 Å². The van der Waals surface area contributed by atoms with Crippen LogP contribution in [0.25, 0.3) is 0 Å². The summed E-state index contributed by atoms with van der Waals surface area (Å²) in [6.45, 7) is 0. The van der Waals surface area contributed by atoms with Crippen molar-refractivity contribution in [2.45, 2.75) is 4.90 Å². The monoisotopic (exact) mass is 594 g/mol. The number of rotatable bonds is 7. The number of benzene rings is 3. The van der Waals surface area contributed by atoms with Crippen molar-refractivity contribution in [1.29, 1.82) is 0 Å². The van der Waals surface area contributed by atoms with Gasteiger partial charge in [-0.05, 0) is 42.5 Å². The molecular formula is C22H12Cl5FN2O4S. The molecule has 2 amide bonds. The van der Waals surface area contributed by atoms with Gasteiger partial charge in [0.25, 0.3) is 5.91 Å². The van der Waals surface area contributed by atoms with Crippen molar-refractivity contribution in [2.75, 3.05) is 16.4 Å². The topological polar surface area (TPSA) is 95.5 Å². The molecule has 13 heteroatoms. The van der Waals surface area contributed by atoms with Gasteiger partial charge in [0.05, 0.1) is 42.0 Å². The molecule has 0 fully saturated rings. The minimum Gasteiger partial charge on any atom is -0.478 e. The lowest BCUT2D eigenvalue weighted by molar-refractivity contribution is -0.113. The van der Waals surface area contributed by atoms with Crippen molar-refractivity contribution in [3.05, 3.63) is 84.5 Å². The van der Waals surface area contributed by atoms with E-state index in [9.17, 15) is 23.9 Å². The molecule has 0 bridgehead atoms. The third kappa shape index (κ3) is 6.52. The predicted octanol–water partition coefficient (Wildman–Crippen LogP) is 7.77. The number of anilines is 2. The number of hydrogen-bond donors (Lipinski definition) is 3. The molecule has 0 atom stereocenters. The first-order chi connectivity index (χ1) is 16.5. The first-order valence-corrected chi connectivity index (χ1v) is 12.3. The van der Waals surface area contributed by atoms with E-state index in [1.165, 1.54) is 23.9 Å². The number of amides is 2. The van der Waals surface area contributed by atoms with Crippen LogP contribution in [-0.4, -0.2) is 28.6 Å². The molecule has 182 valence electrons. The van der Waals surface area contributed by atoms with Crippen LogP contribution in [0.15, 0.2) is 47.4 Å². The fourth-order valence-electron chi connectivity index (χ4n) is 2.79. The molecule has 0 unspecified atom stereocenters. The van der Waals surface area contributed by atoms with Crippen LogP contribution in [-0.2, 0) is 4.79 Å². The largest absolute Gasteiger partial charge is 0.478 e. The molecule has 0 aliphatic rings. The lowest BCUT2D eigenvalue weighted by Crippen LogP contribution is -2.18. The number of carboxylic acids is 1. The maximum Gasteiger partial charge on any atom is 0.338 e. The molecule has 0 saturated heterocycles. The smallest absolute Gasteiger partial charge is 0.338 e. The second kappa shape index (κ2) is 11.7. The molecule has 3 aromatic rings. The van der Waals surface area contributed by atoms with Crippen molar-refractivity contribution >= 4 is 98.9 Å². The van der Waals surface area contributed by atoms with Gasteiger partial charge in [-0.25, -0.2) is 9.18 Å². The third-order valence-corrected chi connectivity index (χ3v) is 7.50. The van der Waals surface area contributed by atoms with E-state index in [1.807, 2.05) is 0 Å². The van der Waals surface area contributed by atoms with Gasteiger partial charge in [0.1, 0.15) is 5.82 Å². The summed E-state index contributed by atoms with van der Waals surface area (Å²) in [6.07, 6.45) is 0. The zero-order chi connectivity index (χ0) is 25.9. The predicted molar refractivity (Wildman–Crippen MR) is 139 cm³/mol. The number of carboxylic acid groups (broad SMARTS) is 1. The number of carbonyl (C=O) groups is 3. The molecule has 0 spiro atoms. The quantitative estimate of drug-likeness (QED) is 0.147. The van der Waals surface area contributed by atoms with E-state index >= 15 is 0 Å². The lowest BCUT2D eigenvalue weighted by Gasteiger charge is -2.14. The highest BCUT2D eigenvalue weighted by atomic mass is 35.5. The average Bonchev–Trinajstić information content (AvgIpc) is 2.81. The Hall–Kier alpha value is -2.20. The van der Waals surface area contributed by atoms with E-state index in [0.717, 1.165) is 6.07 Å². The van der Waals surface area contributed by atoms with Gasteiger partial charge in [-0.1, -0.05) is 58.0 Å². The van der Waals surface area contributed by atoms with Crippen molar-refractivity contribution < 1.29 is 23.9 Å². The number of carbonyl (C=O) groups excluding carboxylic acids is 2. The minimum atomic E-state index is -1.51. The van der Waals surface area contributed by atoms with Gasteiger partial charge in [0, 0.05) is 16.3 Å². The van der Waals surface area contributed by atoms with Crippen molar-refractivity contribution in [3.8, 4) is 0 Å². The number of aromatic carboxylic acids is 1. The van der Waals surface area contributed by atoms with Crippen LogP contribution in [0.4, 0.5) is 15.8 Å². The second-order valence-corrected chi connectivity index (χ2v) is 9.72. The summed E-state index contributed by atoms with van der Waals surface area (Å²) >= 11 is 30.8. The number of nitrogens with one attached hydrogen (secondary N) is 2. The fourth-order valence-corrected chi connectivity index (χ4v) is 4.69. The number of hydrogen-bond acceptors (Lipinski definition) is 4. The normalized spacial score (nSPS) is 10.7. The molecule has 0 aromatic heterocycles. The lowest BCUT2D eigenvalue weighted by atomic mass is 10.1. The highest BCUT2D eigenvalue weighted by Gasteiger charge is 2.28. The van der Waals surface area contributed by atoms with Crippen molar-refractivity contribution in [2.24, 2.45) is 0 Å². The average molecular weight is 597 g/mol. The highest BCUT2D eigenvalue weighted by Crippen LogP contribution is 2.41. The molecule has 6 nitrogen and oxygen atoms in total. The summed E-state index contributed by atoms with van der Waals surface area (Å²) in [7, 11) is 0. The van der Waals surface area contributed by atoms with Gasteiger partial charge in [-0.3, -0.25) is 9.59 Å². The molecule has 0 heterocycles. The fraction of sp³-hybridized carbons (Fsp3) is 0.0455. The summed E-state index contributed by atoms with van der Waals surface area (Å²) in [4.78, 5) is 37.3. The summed E-state index contributed by atoms with van der Waals surface area (Å²) in [5.74, 6) is -3.23. The molecule has 0 aliphatic carbocycles. The van der Waals surface area contributed by atoms with Crippen LogP contribution in [0, 0.1) is 5.82 Å². The van der Waals surface area contributed by atoms with Crippen LogP contribution in [0.1, 0.15) is 20.7 Å². The standard InChI is InChI=1S/C22H12Cl5FN2O4S/c23-12-7-10(3-6-13(12)28)29-14(31)8-35-11-4-1-9(2-5-11)30-21(32)15-16(22(33)34)18(25)20(27)19(26)17(15)24/h1-7H,8H2,(H,29,31)(H,30,32)(H,33,34). The zero-order valence-electron chi connectivity index (χ0n) is 17.1. The van der Waals surface area contributed by atoms with Crippen LogP contribution in [0.5, 0.6) is 0 Å². The molecule has 0 aliphatic heterocycles. The molecular weight excluding hydrogens is 585 g/mol. The Labute approximate surface area is 227 Å². The Kier molecular flexibility index (Phi) is 9.15. The van der Waals surface area contributed by atoms with Gasteiger partial charge >= 0.3 is 5.97 Å². The Morgan fingerprint density at radius 1 is 0.800 bits per heavy atom. The third-order valence-electron chi connectivity index (χ3n) is 4.39. The van der Waals surface area contributed by atoms with Crippen molar-refractivity contribution in [3.63, 3.8) is 0 Å². The summed E-state index contributed by atoms with van der Waals surface area (Å²) in [5, 5.41) is 13.2. The minimum absolute atomic E-state index is 0.0556. The molecule has 0 radical (unpaired) electrons. The van der Waals surface area contributed by atoms with Gasteiger partial charge in [0.2, 0.25) is 5.91 Å². The highest BCUT2D eigenvalue weighted by molar-refractivity contribution is 8.00.